The lowest BCUT2D eigenvalue weighted by atomic mass is 9.43. The van der Waals surface area contributed by atoms with Crippen LogP contribution in [-0.2, 0) is 4.79 Å². The van der Waals surface area contributed by atoms with E-state index >= 15 is 0 Å². The smallest absolute Gasteiger partial charge is 0.303 e. The predicted octanol–water partition coefficient (Wildman–Crippen LogP) is 3.45. The van der Waals surface area contributed by atoms with Crippen molar-refractivity contribution < 1.29 is 32.1 Å². The van der Waals surface area contributed by atoms with Crippen molar-refractivity contribution in [2.75, 3.05) is 0 Å². The van der Waals surface area contributed by atoms with Crippen LogP contribution in [0.3, 0.4) is 0 Å². The predicted molar refractivity (Wildman–Crippen MR) is 110 cm³/mol. The largest absolute Gasteiger partial charge is 0.481 e. The Morgan fingerprint density at radius 2 is 1.93 bits per heavy atom. The summed E-state index contributed by atoms with van der Waals surface area (Å²) in [5, 5.41) is 42.7. The maximum atomic E-state index is 11.6. The maximum Gasteiger partial charge on any atom is 0.303 e. The first-order chi connectivity index (χ1) is 15.4. The molecule has 4 aliphatic rings. The standard InChI is InChI=1S/C24H40O5/c1-13(4-7-21(28)29)16-5-6-17-22-18(12-20(27)24(16,17)3)23(2)9-8-15(25)10-14(23)11-19(22)26/h13-20,22,25-27H,4-12H2,1-3H3,(H,28,29)/t13-,14-,15+,16-,17+,18?,19-,20+,22?,23+,24-/m1/s1/i8D2,10D2,15D. The Morgan fingerprint density at radius 3 is 2.62 bits per heavy atom. The van der Waals surface area contributed by atoms with Crippen LogP contribution in [0.4, 0.5) is 0 Å². The molecule has 4 fully saturated rings. The van der Waals surface area contributed by atoms with Crippen LogP contribution in [0.5, 0.6) is 0 Å². The molecule has 0 aromatic rings. The van der Waals surface area contributed by atoms with Crippen LogP contribution in [0.2, 0.25) is 0 Å². The van der Waals surface area contributed by atoms with Crippen molar-refractivity contribution in [3.63, 3.8) is 0 Å². The van der Waals surface area contributed by atoms with Crippen LogP contribution < -0.4 is 0 Å². The number of rotatable bonds is 4. The molecule has 5 nitrogen and oxygen atoms in total. The van der Waals surface area contributed by atoms with Crippen LogP contribution in [0.15, 0.2) is 0 Å². The second-order valence-corrected chi connectivity index (χ2v) is 10.7. The van der Waals surface area contributed by atoms with E-state index in [4.69, 9.17) is 12.0 Å². The summed E-state index contributed by atoms with van der Waals surface area (Å²) >= 11 is 0. The van der Waals surface area contributed by atoms with Gasteiger partial charge in [0, 0.05) is 11.9 Å². The molecule has 4 aliphatic carbocycles. The van der Waals surface area contributed by atoms with E-state index in [0.717, 1.165) is 12.8 Å². The van der Waals surface area contributed by atoms with Crippen LogP contribution >= 0.6 is 0 Å². The summed E-state index contributed by atoms with van der Waals surface area (Å²) in [5.41, 5.74) is -1.44. The molecule has 0 spiro atoms. The summed E-state index contributed by atoms with van der Waals surface area (Å²) in [5.74, 6) is -2.18. The summed E-state index contributed by atoms with van der Waals surface area (Å²) in [4.78, 5) is 11.1. The molecular formula is C24H40O5. The number of aliphatic hydroxyl groups excluding tert-OH is 2. The minimum Gasteiger partial charge on any atom is -0.481 e. The number of aliphatic hydroxyl groups is 3. The van der Waals surface area contributed by atoms with Gasteiger partial charge >= 0.3 is 5.97 Å². The topological polar surface area (TPSA) is 98.0 Å². The van der Waals surface area contributed by atoms with Gasteiger partial charge in [0.2, 0.25) is 0 Å². The second kappa shape index (κ2) is 7.49. The van der Waals surface area contributed by atoms with Crippen molar-refractivity contribution in [3.05, 3.63) is 0 Å². The Kier molecular flexibility index (Phi) is 4.15. The Morgan fingerprint density at radius 1 is 1.21 bits per heavy atom. The van der Waals surface area contributed by atoms with Gasteiger partial charge in [-0.2, -0.15) is 0 Å². The molecule has 0 bridgehead atoms. The molecule has 2 unspecified atom stereocenters. The lowest BCUT2D eigenvalue weighted by molar-refractivity contribution is -0.207. The molecule has 0 saturated heterocycles. The quantitative estimate of drug-likeness (QED) is 0.566. The van der Waals surface area contributed by atoms with Gasteiger partial charge in [0.25, 0.3) is 0 Å². The van der Waals surface area contributed by atoms with Gasteiger partial charge in [-0.05, 0) is 97.6 Å². The normalized spacial score (nSPS) is 61.4. The molecule has 4 rings (SSSR count). The first-order valence-electron chi connectivity index (χ1n) is 13.7. The minimum absolute atomic E-state index is 0.0418. The number of carbonyl (C=O) groups is 1. The average Bonchev–Trinajstić information content (AvgIpc) is 3.06. The maximum absolute atomic E-state index is 11.6. The van der Waals surface area contributed by atoms with Crippen LogP contribution in [0.25, 0.3) is 0 Å². The van der Waals surface area contributed by atoms with E-state index in [1.54, 1.807) is 0 Å². The molecule has 0 heterocycles. The highest BCUT2D eigenvalue weighted by Crippen LogP contribution is 2.68. The fourth-order valence-electron chi connectivity index (χ4n) is 7.88. The number of carboxylic acids is 1. The van der Waals surface area contributed by atoms with Crippen molar-refractivity contribution in [1.82, 2.24) is 0 Å². The van der Waals surface area contributed by atoms with Gasteiger partial charge in [0.15, 0.2) is 0 Å². The number of carboxylic acid groups (broad SMARTS) is 1. The molecule has 5 heteroatoms. The van der Waals surface area contributed by atoms with E-state index in [0.29, 0.717) is 12.8 Å². The van der Waals surface area contributed by atoms with Crippen molar-refractivity contribution in [3.8, 4) is 0 Å². The summed E-state index contributed by atoms with van der Waals surface area (Å²) in [6, 6.07) is 0. The van der Waals surface area contributed by atoms with E-state index in [-0.39, 0.29) is 48.9 Å². The highest BCUT2D eigenvalue weighted by atomic mass is 16.4. The fraction of sp³-hybridized carbons (Fsp3) is 0.958. The molecule has 166 valence electrons. The first-order valence-corrected chi connectivity index (χ1v) is 11.2. The Balaban J connectivity index is 1.70. The average molecular weight is 414 g/mol. The molecule has 0 aromatic heterocycles. The summed E-state index contributed by atoms with van der Waals surface area (Å²) in [6.07, 6.45) is -7.26. The van der Waals surface area contributed by atoms with Crippen LogP contribution in [-0.4, -0.2) is 44.7 Å². The van der Waals surface area contributed by atoms with Crippen LogP contribution in [0, 0.1) is 46.3 Å². The summed E-state index contributed by atoms with van der Waals surface area (Å²) in [6.45, 7) is 5.91. The lowest BCUT2D eigenvalue weighted by Gasteiger charge is -2.63. The first kappa shape index (κ1) is 16.0. The fourth-order valence-corrected chi connectivity index (χ4v) is 7.88. The van der Waals surface area contributed by atoms with Crippen molar-refractivity contribution in [2.24, 2.45) is 46.3 Å². The van der Waals surface area contributed by atoms with E-state index in [9.17, 15) is 20.1 Å². The van der Waals surface area contributed by atoms with Gasteiger partial charge in [-0.15, -0.1) is 0 Å². The molecule has 29 heavy (non-hydrogen) atoms. The molecule has 11 atom stereocenters. The monoisotopic (exact) mass is 413 g/mol. The van der Waals surface area contributed by atoms with E-state index < -0.39 is 53.8 Å². The minimum atomic E-state index is -2.93. The summed E-state index contributed by atoms with van der Waals surface area (Å²) < 4.78 is 42.2. The third-order valence-electron chi connectivity index (χ3n) is 9.52. The molecular weight excluding hydrogens is 368 g/mol. The molecule has 4 saturated carbocycles. The van der Waals surface area contributed by atoms with Gasteiger partial charge in [0.1, 0.15) is 0 Å². The molecule has 0 radical (unpaired) electrons. The van der Waals surface area contributed by atoms with Crippen LogP contribution in [0.1, 0.15) is 85.3 Å². The van der Waals surface area contributed by atoms with Crippen molar-refractivity contribution in [2.45, 2.75) is 96.8 Å². The number of fused-ring (bicyclic) bond motifs is 5. The Labute approximate surface area is 181 Å². The highest BCUT2D eigenvalue weighted by molar-refractivity contribution is 5.66. The third kappa shape index (κ3) is 3.27. The third-order valence-corrected chi connectivity index (χ3v) is 9.52. The van der Waals surface area contributed by atoms with E-state index in [1.807, 2.05) is 13.8 Å². The second-order valence-electron chi connectivity index (χ2n) is 10.7. The summed E-state index contributed by atoms with van der Waals surface area (Å²) in [7, 11) is 0. The Bertz CT molecular complexity index is 837. The van der Waals surface area contributed by atoms with Gasteiger partial charge in [-0.1, -0.05) is 20.8 Å². The van der Waals surface area contributed by atoms with Gasteiger partial charge in [-0.25, -0.2) is 0 Å². The van der Waals surface area contributed by atoms with Gasteiger partial charge in [0.05, 0.1) is 19.7 Å². The number of hydrogen-bond acceptors (Lipinski definition) is 4. The van der Waals surface area contributed by atoms with E-state index in [2.05, 4.69) is 6.92 Å². The zero-order chi connectivity index (χ0) is 25.6. The number of aliphatic carboxylic acids is 1. The molecule has 4 N–H and O–H groups in total. The van der Waals surface area contributed by atoms with E-state index in [1.165, 1.54) is 0 Å². The molecule has 0 aromatic carbocycles. The zero-order valence-corrected chi connectivity index (χ0v) is 17.8. The van der Waals surface area contributed by atoms with Crippen molar-refractivity contribution >= 4 is 5.97 Å². The van der Waals surface area contributed by atoms with Gasteiger partial charge < -0.3 is 20.4 Å². The molecule has 0 aliphatic heterocycles. The molecule has 0 amide bonds. The van der Waals surface area contributed by atoms with Gasteiger partial charge in [-0.3, -0.25) is 4.79 Å². The lowest BCUT2D eigenvalue weighted by Crippen LogP contribution is -2.62. The Hall–Kier alpha value is -0.650. The number of hydrogen-bond donors (Lipinski definition) is 4. The SMILES string of the molecule is [2H]C1([2H])C[C@]2(C)C3C[C@H](O)[C@]4(C)[C@@H]([C@H](C)CCC(=O)O)CC[C@H]4C3[C@H](O)C[C@H]2C([2H])([2H])[C@@]1([2H])O. The zero-order valence-electron chi connectivity index (χ0n) is 22.8. The highest BCUT2D eigenvalue weighted by Gasteiger charge is 2.65. The van der Waals surface area contributed by atoms with Crippen molar-refractivity contribution in [1.29, 1.82) is 0 Å².